The molecule has 1 N–H and O–H groups in total. The van der Waals surface area contributed by atoms with Crippen LogP contribution in [0.5, 0.6) is 5.75 Å². The summed E-state index contributed by atoms with van der Waals surface area (Å²) in [6, 6.07) is 8.99. The number of hydrogen-bond donors (Lipinski definition) is 1. The molecule has 16 heavy (non-hydrogen) atoms. The summed E-state index contributed by atoms with van der Waals surface area (Å²) in [6.07, 6.45) is 4.07. The lowest BCUT2D eigenvalue weighted by Crippen LogP contribution is -2.30. The predicted molar refractivity (Wildman–Crippen MR) is 66.6 cm³/mol. The second-order valence-electron chi connectivity index (χ2n) is 4.75. The number of rotatable bonds is 4. The van der Waals surface area contributed by atoms with Crippen LogP contribution in [0.3, 0.4) is 0 Å². The summed E-state index contributed by atoms with van der Waals surface area (Å²) in [4.78, 5) is 0. The Bertz CT molecular complexity index is 337. The van der Waals surface area contributed by atoms with Crippen molar-refractivity contribution in [1.82, 2.24) is 5.32 Å². The molecule has 1 fully saturated rings. The average Bonchev–Trinajstić information content (AvgIpc) is 2.72. The number of hydrogen-bond acceptors (Lipinski definition) is 2. The highest BCUT2D eigenvalue weighted by atomic mass is 16.5. The molecule has 0 heterocycles. The maximum absolute atomic E-state index is 5.22. The first-order valence-electron chi connectivity index (χ1n) is 6.16. The van der Waals surface area contributed by atoms with Gasteiger partial charge in [-0.1, -0.05) is 25.5 Å². The van der Waals surface area contributed by atoms with E-state index in [1.54, 1.807) is 7.11 Å². The fourth-order valence-electron chi connectivity index (χ4n) is 2.48. The molecule has 0 saturated heterocycles. The minimum absolute atomic E-state index is 0.700. The Morgan fingerprint density at radius 1 is 1.38 bits per heavy atom. The van der Waals surface area contributed by atoms with Crippen molar-refractivity contribution in [2.75, 3.05) is 7.11 Å². The molecular weight excluding hydrogens is 198 g/mol. The van der Waals surface area contributed by atoms with Crippen LogP contribution >= 0.6 is 0 Å². The third kappa shape index (κ3) is 2.76. The molecule has 0 bridgehead atoms. The van der Waals surface area contributed by atoms with Crippen LogP contribution in [0.25, 0.3) is 0 Å². The Hall–Kier alpha value is -1.02. The Balaban J connectivity index is 1.88. The first-order valence-corrected chi connectivity index (χ1v) is 6.16. The van der Waals surface area contributed by atoms with Crippen molar-refractivity contribution in [1.29, 1.82) is 0 Å². The van der Waals surface area contributed by atoms with E-state index < -0.39 is 0 Å². The highest BCUT2D eigenvalue weighted by Gasteiger charge is 2.22. The van der Waals surface area contributed by atoms with E-state index in [0.29, 0.717) is 6.04 Å². The van der Waals surface area contributed by atoms with Gasteiger partial charge in [-0.3, -0.25) is 0 Å². The van der Waals surface area contributed by atoms with Crippen molar-refractivity contribution in [2.24, 2.45) is 5.92 Å². The number of benzene rings is 1. The van der Waals surface area contributed by atoms with Crippen LogP contribution in [0.15, 0.2) is 24.3 Å². The third-order valence-corrected chi connectivity index (χ3v) is 3.56. The van der Waals surface area contributed by atoms with Gasteiger partial charge in [0.15, 0.2) is 0 Å². The third-order valence-electron chi connectivity index (χ3n) is 3.56. The van der Waals surface area contributed by atoms with E-state index in [9.17, 15) is 0 Å². The lowest BCUT2D eigenvalue weighted by molar-refractivity contribution is 0.410. The molecule has 0 aromatic heterocycles. The van der Waals surface area contributed by atoms with Crippen LogP contribution in [0.1, 0.15) is 31.7 Å². The first kappa shape index (κ1) is 11.5. The first-order chi connectivity index (χ1) is 7.79. The summed E-state index contributed by atoms with van der Waals surface area (Å²) in [5, 5.41) is 3.64. The van der Waals surface area contributed by atoms with Crippen molar-refractivity contribution >= 4 is 0 Å². The number of nitrogens with one attached hydrogen (secondary N) is 1. The summed E-state index contributed by atoms with van der Waals surface area (Å²) >= 11 is 0. The number of ether oxygens (including phenoxy) is 1. The molecule has 2 atom stereocenters. The molecular formula is C14H21NO. The van der Waals surface area contributed by atoms with Crippen LogP contribution in [0, 0.1) is 5.92 Å². The van der Waals surface area contributed by atoms with E-state index in [4.69, 9.17) is 4.74 Å². The van der Waals surface area contributed by atoms with Crippen molar-refractivity contribution in [3.63, 3.8) is 0 Å². The molecule has 0 aliphatic heterocycles. The Labute approximate surface area is 98.0 Å². The highest BCUT2D eigenvalue weighted by molar-refractivity contribution is 5.28. The Morgan fingerprint density at radius 3 is 2.94 bits per heavy atom. The monoisotopic (exact) mass is 219 g/mol. The van der Waals surface area contributed by atoms with Gasteiger partial charge in [0.25, 0.3) is 0 Å². The molecule has 0 spiro atoms. The standard InChI is InChI=1S/C14H21NO/c1-11-5-3-8-14(11)15-10-12-6-4-7-13(9-12)16-2/h4,6-7,9,11,14-15H,3,5,8,10H2,1-2H3. The largest absolute Gasteiger partial charge is 0.497 e. The zero-order valence-corrected chi connectivity index (χ0v) is 10.2. The highest BCUT2D eigenvalue weighted by Crippen LogP contribution is 2.25. The topological polar surface area (TPSA) is 21.3 Å². The molecule has 1 saturated carbocycles. The van der Waals surface area contributed by atoms with Crippen LogP contribution in [-0.2, 0) is 6.54 Å². The fraction of sp³-hybridized carbons (Fsp3) is 0.571. The second-order valence-corrected chi connectivity index (χ2v) is 4.75. The summed E-state index contributed by atoms with van der Waals surface area (Å²) in [6.45, 7) is 3.29. The maximum atomic E-state index is 5.22. The Kier molecular flexibility index (Phi) is 3.83. The van der Waals surface area contributed by atoms with E-state index in [-0.39, 0.29) is 0 Å². The molecule has 2 nitrogen and oxygen atoms in total. The fourth-order valence-corrected chi connectivity index (χ4v) is 2.48. The molecule has 0 amide bonds. The van der Waals surface area contributed by atoms with Crippen molar-refractivity contribution in [3.8, 4) is 5.75 Å². The Morgan fingerprint density at radius 2 is 2.25 bits per heavy atom. The van der Waals surface area contributed by atoms with Gasteiger partial charge >= 0.3 is 0 Å². The normalized spacial score (nSPS) is 24.6. The van der Waals surface area contributed by atoms with E-state index in [0.717, 1.165) is 18.2 Å². The molecule has 2 unspecified atom stereocenters. The quantitative estimate of drug-likeness (QED) is 0.840. The molecule has 88 valence electrons. The van der Waals surface area contributed by atoms with Crippen molar-refractivity contribution in [2.45, 2.75) is 38.8 Å². The van der Waals surface area contributed by atoms with Gasteiger partial charge in [-0.2, -0.15) is 0 Å². The molecule has 1 aromatic carbocycles. The number of methoxy groups -OCH3 is 1. The van der Waals surface area contributed by atoms with E-state index in [2.05, 4.69) is 24.4 Å². The van der Waals surface area contributed by atoms with Crippen LogP contribution in [0.2, 0.25) is 0 Å². The van der Waals surface area contributed by atoms with Crippen LogP contribution < -0.4 is 10.1 Å². The predicted octanol–water partition coefficient (Wildman–Crippen LogP) is 2.97. The summed E-state index contributed by atoms with van der Waals surface area (Å²) in [5.74, 6) is 1.77. The minimum atomic E-state index is 0.700. The van der Waals surface area contributed by atoms with Crippen LogP contribution in [-0.4, -0.2) is 13.2 Å². The summed E-state index contributed by atoms with van der Waals surface area (Å²) < 4.78 is 5.22. The van der Waals surface area contributed by atoms with Gasteiger partial charge in [0.05, 0.1) is 7.11 Å². The van der Waals surface area contributed by atoms with Crippen LogP contribution in [0.4, 0.5) is 0 Å². The second kappa shape index (κ2) is 5.35. The van der Waals surface area contributed by atoms with Crippen molar-refractivity contribution in [3.05, 3.63) is 29.8 Å². The lowest BCUT2D eigenvalue weighted by Gasteiger charge is -2.17. The van der Waals surface area contributed by atoms with E-state index in [1.165, 1.54) is 24.8 Å². The lowest BCUT2D eigenvalue weighted by atomic mass is 10.1. The average molecular weight is 219 g/mol. The minimum Gasteiger partial charge on any atom is -0.497 e. The summed E-state index contributed by atoms with van der Waals surface area (Å²) in [7, 11) is 1.71. The smallest absolute Gasteiger partial charge is 0.119 e. The van der Waals surface area contributed by atoms with Gasteiger partial charge in [-0.25, -0.2) is 0 Å². The molecule has 2 heteroatoms. The van der Waals surface area contributed by atoms with Gasteiger partial charge < -0.3 is 10.1 Å². The summed E-state index contributed by atoms with van der Waals surface area (Å²) in [5.41, 5.74) is 1.30. The molecule has 2 rings (SSSR count). The molecule has 0 radical (unpaired) electrons. The van der Waals surface area contributed by atoms with Gasteiger partial charge in [0, 0.05) is 12.6 Å². The van der Waals surface area contributed by atoms with Gasteiger partial charge in [0.2, 0.25) is 0 Å². The molecule has 1 aliphatic rings. The molecule has 1 aliphatic carbocycles. The molecule has 1 aromatic rings. The van der Waals surface area contributed by atoms with E-state index >= 15 is 0 Å². The zero-order valence-electron chi connectivity index (χ0n) is 10.2. The zero-order chi connectivity index (χ0) is 11.4. The van der Waals surface area contributed by atoms with Gasteiger partial charge in [-0.05, 0) is 36.5 Å². The van der Waals surface area contributed by atoms with Gasteiger partial charge in [-0.15, -0.1) is 0 Å². The van der Waals surface area contributed by atoms with Crippen molar-refractivity contribution < 1.29 is 4.74 Å². The van der Waals surface area contributed by atoms with E-state index in [1.807, 2.05) is 12.1 Å². The maximum Gasteiger partial charge on any atom is 0.119 e. The van der Waals surface area contributed by atoms with Gasteiger partial charge in [0.1, 0.15) is 5.75 Å². The SMILES string of the molecule is COc1cccc(CNC2CCCC2C)c1.